The molecule has 1 N–H and O–H groups in total. The maximum atomic E-state index is 11.9. The van der Waals surface area contributed by atoms with Gasteiger partial charge in [0, 0.05) is 19.2 Å². The van der Waals surface area contributed by atoms with Gasteiger partial charge in [0.15, 0.2) is 0 Å². The molecule has 0 aliphatic heterocycles. The van der Waals surface area contributed by atoms with E-state index in [0.717, 1.165) is 16.7 Å². The van der Waals surface area contributed by atoms with Crippen molar-refractivity contribution in [1.29, 1.82) is 0 Å². The van der Waals surface area contributed by atoms with Crippen molar-refractivity contribution < 1.29 is 9.72 Å². The number of nitro groups is 1. The molecule has 0 atom stereocenters. The first-order valence-electron chi connectivity index (χ1n) is 7.07. The molecule has 124 valence electrons. The van der Waals surface area contributed by atoms with E-state index in [1.807, 2.05) is 13.1 Å². The molecule has 9 nitrogen and oxygen atoms in total. The highest BCUT2D eigenvalue weighted by Crippen LogP contribution is 2.16. The van der Waals surface area contributed by atoms with Gasteiger partial charge in [-0.1, -0.05) is 0 Å². The second kappa shape index (κ2) is 7.36. The van der Waals surface area contributed by atoms with Crippen molar-refractivity contribution in [1.82, 2.24) is 24.9 Å². The molecule has 0 bridgehead atoms. The maximum absolute atomic E-state index is 11.9. The Morgan fingerprint density at radius 1 is 1.52 bits per heavy atom. The summed E-state index contributed by atoms with van der Waals surface area (Å²) in [6.07, 6.45) is 3.24. The molecular formula is C13H17BrN6O3. The quantitative estimate of drug-likeness (QED) is 0.578. The fourth-order valence-electron chi connectivity index (χ4n) is 2.04. The standard InChI is InChI=1S/C13H17BrN6O3/c1-3-18-8-10(14)11(17-18)6-15-13(21)4-5-19-9(2)12(7-16-19)20(22)23/h7-8H,3-6H2,1-2H3,(H,15,21). The molecule has 0 aromatic carbocycles. The lowest BCUT2D eigenvalue weighted by Gasteiger charge is -2.05. The predicted octanol–water partition coefficient (Wildman–Crippen LogP) is 1.79. The number of carbonyl (C=O) groups excluding carboxylic acids is 1. The minimum atomic E-state index is -0.486. The average Bonchev–Trinajstić information content (AvgIpc) is 3.06. The zero-order chi connectivity index (χ0) is 17.0. The molecule has 10 heteroatoms. The average molecular weight is 385 g/mol. The lowest BCUT2D eigenvalue weighted by Crippen LogP contribution is -2.24. The minimum Gasteiger partial charge on any atom is -0.350 e. The zero-order valence-corrected chi connectivity index (χ0v) is 14.4. The van der Waals surface area contributed by atoms with Gasteiger partial charge < -0.3 is 5.32 Å². The van der Waals surface area contributed by atoms with E-state index >= 15 is 0 Å². The van der Waals surface area contributed by atoms with Gasteiger partial charge in [0.05, 0.1) is 28.2 Å². The first-order chi connectivity index (χ1) is 10.9. The predicted molar refractivity (Wildman–Crippen MR) is 85.7 cm³/mol. The van der Waals surface area contributed by atoms with Crippen molar-refractivity contribution in [3.63, 3.8) is 0 Å². The third-order valence-corrected chi connectivity index (χ3v) is 4.05. The van der Waals surface area contributed by atoms with Crippen molar-refractivity contribution in [2.24, 2.45) is 0 Å². The Morgan fingerprint density at radius 3 is 2.83 bits per heavy atom. The van der Waals surface area contributed by atoms with Gasteiger partial charge >= 0.3 is 5.69 Å². The Hall–Kier alpha value is -2.23. The summed E-state index contributed by atoms with van der Waals surface area (Å²) in [5.41, 5.74) is 1.15. The molecule has 0 aliphatic rings. The molecule has 2 aromatic heterocycles. The van der Waals surface area contributed by atoms with Gasteiger partial charge in [-0.15, -0.1) is 0 Å². The topological polar surface area (TPSA) is 108 Å². The van der Waals surface area contributed by atoms with Crippen LogP contribution in [0.5, 0.6) is 0 Å². The number of aromatic nitrogens is 4. The highest BCUT2D eigenvalue weighted by atomic mass is 79.9. The molecule has 0 saturated carbocycles. The van der Waals surface area contributed by atoms with Crippen LogP contribution in [0.15, 0.2) is 16.9 Å². The van der Waals surface area contributed by atoms with Gasteiger partial charge in [0.2, 0.25) is 5.91 Å². The van der Waals surface area contributed by atoms with Crippen LogP contribution in [0.25, 0.3) is 0 Å². The molecule has 0 spiro atoms. The zero-order valence-electron chi connectivity index (χ0n) is 12.8. The number of nitrogens with one attached hydrogen (secondary N) is 1. The largest absolute Gasteiger partial charge is 0.350 e. The molecule has 2 rings (SSSR count). The Morgan fingerprint density at radius 2 is 2.26 bits per heavy atom. The highest BCUT2D eigenvalue weighted by Gasteiger charge is 2.16. The molecule has 0 unspecified atom stereocenters. The van der Waals surface area contributed by atoms with Gasteiger partial charge in [-0.2, -0.15) is 10.2 Å². The third-order valence-electron chi connectivity index (χ3n) is 3.39. The molecule has 0 aliphatic carbocycles. The number of halogens is 1. The summed E-state index contributed by atoms with van der Waals surface area (Å²) in [5.74, 6) is -0.166. The number of nitrogens with zero attached hydrogens (tertiary/aromatic N) is 5. The molecule has 23 heavy (non-hydrogen) atoms. The lowest BCUT2D eigenvalue weighted by molar-refractivity contribution is -0.385. The van der Waals surface area contributed by atoms with Gasteiger partial charge in [0.25, 0.3) is 0 Å². The highest BCUT2D eigenvalue weighted by molar-refractivity contribution is 9.10. The third kappa shape index (κ3) is 4.15. The van der Waals surface area contributed by atoms with Gasteiger partial charge in [0.1, 0.15) is 11.9 Å². The van der Waals surface area contributed by atoms with Crippen LogP contribution in [-0.4, -0.2) is 30.4 Å². The first-order valence-corrected chi connectivity index (χ1v) is 7.87. The Kier molecular flexibility index (Phi) is 5.48. The van der Waals surface area contributed by atoms with E-state index in [2.05, 4.69) is 31.4 Å². The van der Waals surface area contributed by atoms with Crippen molar-refractivity contribution >= 4 is 27.5 Å². The number of hydrogen-bond acceptors (Lipinski definition) is 5. The number of hydrogen-bond donors (Lipinski definition) is 1. The maximum Gasteiger partial charge on any atom is 0.309 e. The van der Waals surface area contributed by atoms with Crippen LogP contribution in [0.3, 0.4) is 0 Å². The van der Waals surface area contributed by atoms with Crippen LogP contribution in [-0.2, 0) is 24.4 Å². The summed E-state index contributed by atoms with van der Waals surface area (Å²) in [4.78, 5) is 22.2. The molecular weight excluding hydrogens is 368 g/mol. The van der Waals surface area contributed by atoms with Crippen molar-refractivity contribution in [3.8, 4) is 0 Å². The van der Waals surface area contributed by atoms with E-state index < -0.39 is 4.92 Å². The number of aryl methyl sites for hydroxylation is 2. The van der Waals surface area contributed by atoms with E-state index in [1.54, 1.807) is 11.6 Å². The summed E-state index contributed by atoms with van der Waals surface area (Å²) < 4.78 is 4.08. The minimum absolute atomic E-state index is 0.0422. The van der Waals surface area contributed by atoms with Crippen LogP contribution in [0.1, 0.15) is 24.7 Å². The van der Waals surface area contributed by atoms with Crippen LogP contribution >= 0.6 is 15.9 Å². The van der Waals surface area contributed by atoms with Crippen molar-refractivity contribution in [2.75, 3.05) is 0 Å². The van der Waals surface area contributed by atoms with Gasteiger partial charge in [-0.3, -0.25) is 24.3 Å². The molecule has 0 fully saturated rings. The summed E-state index contributed by atoms with van der Waals surface area (Å²) in [6, 6.07) is 0. The van der Waals surface area contributed by atoms with E-state index in [0.29, 0.717) is 12.2 Å². The summed E-state index contributed by atoms with van der Waals surface area (Å²) in [7, 11) is 0. The Bertz CT molecular complexity index is 723. The molecule has 2 aromatic rings. The second-order valence-corrected chi connectivity index (χ2v) is 5.76. The molecule has 1 amide bonds. The summed E-state index contributed by atoms with van der Waals surface area (Å²) >= 11 is 3.40. The van der Waals surface area contributed by atoms with Crippen LogP contribution < -0.4 is 5.32 Å². The van der Waals surface area contributed by atoms with Gasteiger partial charge in [-0.05, 0) is 29.8 Å². The SMILES string of the molecule is CCn1cc(Br)c(CNC(=O)CCn2ncc([N+](=O)[O-])c2C)n1. The van der Waals surface area contributed by atoms with Crippen LogP contribution in [0.4, 0.5) is 5.69 Å². The van der Waals surface area contributed by atoms with Gasteiger partial charge in [-0.25, -0.2) is 0 Å². The van der Waals surface area contributed by atoms with E-state index in [4.69, 9.17) is 0 Å². The first kappa shape index (κ1) is 17.1. The number of rotatable bonds is 7. The fraction of sp³-hybridized carbons (Fsp3) is 0.462. The van der Waals surface area contributed by atoms with Crippen LogP contribution in [0, 0.1) is 17.0 Å². The second-order valence-electron chi connectivity index (χ2n) is 4.90. The molecule has 0 saturated heterocycles. The Labute approximate surface area is 140 Å². The number of amides is 1. The molecule has 0 radical (unpaired) electrons. The van der Waals surface area contributed by atoms with E-state index in [-0.39, 0.29) is 24.6 Å². The fourth-order valence-corrected chi connectivity index (χ4v) is 2.49. The molecule has 2 heterocycles. The Balaban J connectivity index is 1.85. The number of carbonyl (C=O) groups is 1. The lowest BCUT2D eigenvalue weighted by atomic mass is 10.3. The van der Waals surface area contributed by atoms with E-state index in [1.165, 1.54) is 10.9 Å². The normalized spacial score (nSPS) is 10.7. The van der Waals surface area contributed by atoms with Crippen molar-refractivity contribution in [3.05, 3.63) is 38.4 Å². The van der Waals surface area contributed by atoms with Crippen molar-refractivity contribution in [2.45, 2.75) is 39.9 Å². The summed E-state index contributed by atoms with van der Waals surface area (Å²) in [6.45, 7) is 4.95. The van der Waals surface area contributed by atoms with Crippen LogP contribution in [0.2, 0.25) is 0 Å². The monoisotopic (exact) mass is 384 g/mol. The summed E-state index contributed by atoms with van der Waals surface area (Å²) in [5, 5.41) is 21.8. The smallest absolute Gasteiger partial charge is 0.309 e. The van der Waals surface area contributed by atoms with E-state index in [9.17, 15) is 14.9 Å².